The molecule has 1 aromatic heterocycles. The van der Waals surface area contributed by atoms with Crippen molar-refractivity contribution in [2.24, 2.45) is 0 Å². The lowest BCUT2D eigenvalue weighted by molar-refractivity contribution is -0.117. The van der Waals surface area contributed by atoms with E-state index in [2.05, 4.69) is 0 Å². The number of hydrogen-bond acceptors (Lipinski definition) is 2. The van der Waals surface area contributed by atoms with Crippen molar-refractivity contribution in [1.29, 1.82) is 0 Å². The smallest absolute Gasteiger partial charge is 0.141 e. The van der Waals surface area contributed by atoms with Crippen molar-refractivity contribution in [3.63, 3.8) is 0 Å². The van der Waals surface area contributed by atoms with E-state index in [1.807, 2.05) is 16.8 Å². The third-order valence-electron chi connectivity index (χ3n) is 2.31. The first-order chi connectivity index (χ1) is 8.13. The minimum Gasteiger partial charge on any atom is -0.299 e. The van der Waals surface area contributed by atoms with Crippen molar-refractivity contribution >= 4 is 17.1 Å². The number of ketones is 1. The highest BCUT2D eigenvalue weighted by atomic mass is 32.1. The van der Waals surface area contributed by atoms with Crippen LogP contribution in [-0.2, 0) is 17.6 Å². The molecule has 88 valence electrons. The van der Waals surface area contributed by atoms with Gasteiger partial charge in [-0.05, 0) is 40.1 Å². The molecule has 17 heavy (non-hydrogen) atoms. The summed E-state index contributed by atoms with van der Waals surface area (Å²) < 4.78 is 25.8. The standard InChI is InChI=1S/C13H10F2OS/c14-11-3-10(4-12(15)7-11)6-13(16)5-9-1-2-17-8-9/h1-4,7-8H,5-6H2. The molecule has 0 atom stereocenters. The Balaban J connectivity index is 2.03. The Morgan fingerprint density at radius 1 is 1.06 bits per heavy atom. The monoisotopic (exact) mass is 252 g/mol. The summed E-state index contributed by atoms with van der Waals surface area (Å²) in [6, 6.07) is 5.05. The number of thiophene rings is 1. The van der Waals surface area contributed by atoms with Crippen LogP contribution in [0, 0.1) is 11.6 Å². The van der Waals surface area contributed by atoms with Crippen molar-refractivity contribution < 1.29 is 13.6 Å². The van der Waals surface area contributed by atoms with Crippen LogP contribution in [0.5, 0.6) is 0 Å². The number of benzene rings is 1. The van der Waals surface area contributed by atoms with E-state index in [0.717, 1.165) is 11.6 Å². The summed E-state index contributed by atoms with van der Waals surface area (Å²) in [5.41, 5.74) is 1.32. The van der Waals surface area contributed by atoms with Gasteiger partial charge >= 0.3 is 0 Å². The second-order valence-corrected chi connectivity index (χ2v) is 4.58. The SMILES string of the molecule is O=C(Cc1ccsc1)Cc1cc(F)cc(F)c1. The minimum atomic E-state index is -0.650. The molecule has 0 bridgehead atoms. The summed E-state index contributed by atoms with van der Waals surface area (Å²) in [4.78, 5) is 11.7. The Morgan fingerprint density at radius 3 is 2.29 bits per heavy atom. The molecule has 0 saturated heterocycles. The number of halogens is 2. The minimum absolute atomic E-state index is 0.0478. The molecule has 0 spiro atoms. The highest BCUT2D eigenvalue weighted by Gasteiger charge is 2.08. The van der Waals surface area contributed by atoms with E-state index in [9.17, 15) is 13.6 Å². The van der Waals surface area contributed by atoms with E-state index in [1.54, 1.807) is 0 Å². The maximum absolute atomic E-state index is 12.9. The molecule has 4 heteroatoms. The lowest BCUT2D eigenvalue weighted by atomic mass is 10.0. The van der Waals surface area contributed by atoms with Gasteiger partial charge in [0.15, 0.2) is 0 Å². The fraction of sp³-hybridized carbons (Fsp3) is 0.154. The third-order valence-corrected chi connectivity index (χ3v) is 3.04. The first-order valence-electron chi connectivity index (χ1n) is 5.11. The molecule has 0 fully saturated rings. The van der Waals surface area contributed by atoms with E-state index in [4.69, 9.17) is 0 Å². The lowest BCUT2D eigenvalue weighted by Crippen LogP contribution is -2.06. The lowest BCUT2D eigenvalue weighted by Gasteiger charge is -2.01. The average Bonchev–Trinajstić information content (AvgIpc) is 2.67. The van der Waals surface area contributed by atoms with Gasteiger partial charge in [0, 0.05) is 18.9 Å². The van der Waals surface area contributed by atoms with E-state index >= 15 is 0 Å². The molecule has 1 nitrogen and oxygen atoms in total. The topological polar surface area (TPSA) is 17.1 Å². The summed E-state index contributed by atoms with van der Waals surface area (Å²) in [7, 11) is 0. The van der Waals surface area contributed by atoms with Crippen molar-refractivity contribution in [2.75, 3.05) is 0 Å². The van der Waals surface area contributed by atoms with Crippen LogP contribution in [0.2, 0.25) is 0 Å². The Morgan fingerprint density at radius 2 is 1.71 bits per heavy atom. The average molecular weight is 252 g/mol. The second kappa shape index (κ2) is 5.19. The fourth-order valence-electron chi connectivity index (χ4n) is 1.62. The number of carbonyl (C=O) groups is 1. The number of Topliss-reactive ketones (excluding diaryl/α,β-unsaturated/α-hetero) is 1. The maximum Gasteiger partial charge on any atom is 0.141 e. The highest BCUT2D eigenvalue weighted by Crippen LogP contribution is 2.12. The summed E-state index contributed by atoms with van der Waals surface area (Å²) in [6.45, 7) is 0. The zero-order chi connectivity index (χ0) is 12.3. The molecule has 0 N–H and O–H groups in total. The Bertz CT molecular complexity index is 500. The third kappa shape index (κ3) is 3.46. The number of carbonyl (C=O) groups excluding carboxylic acids is 1. The zero-order valence-electron chi connectivity index (χ0n) is 8.95. The molecule has 0 aliphatic rings. The Kier molecular flexibility index (Phi) is 3.64. The Hall–Kier alpha value is -1.55. The predicted molar refractivity (Wildman–Crippen MR) is 63.1 cm³/mol. The first-order valence-corrected chi connectivity index (χ1v) is 6.05. The number of hydrogen-bond donors (Lipinski definition) is 0. The molecule has 0 saturated carbocycles. The molecule has 1 heterocycles. The van der Waals surface area contributed by atoms with Gasteiger partial charge in [0.2, 0.25) is 0 Å². The summed E-state index contributed by atoms with van der Waals surface area (Å²) in [5.74, 6) is -1.35. The maximum atomic E-state index is 12.9. The van der Waals surface area contributed by atoms with Gasteiger partial charge in [-0.15, -0.1) is 0 Å². The van der Waals surface area contributed by atoms with Gasteiger partial charge in [0.25, 0.3) is 0 Å². The van der Waals surface area contributed by atoms with Gasteiger partial charge in [-0.2, -0.15) is 11.3 Å². The van der Waals surface area contributed by atoms with Gasteiger partial charge in [0.1, 0.15) is 17.4 Å². The van der Waals surface area contributed by atoms with Crippen LogP contribution in [0.25, 0.3) is 0 Å². The summed E-state index contributed by atoms with van der Waals surface area (Å²) in [6.07, 6.45) is 0.367. The van der Waals surface area contributed by atoms with Crippen molar-refractivity contribution in [1.82, 2.24) is 0 Å². The van der Waals surface area contributed by atoms with E-state index < -0.39 is 11.6 Å². The van der Waals surface area contributed by atoms with Gasteiger partial charge in [0.05, 0.1) is 0 Å². The van der Waals surface area contributed by atoms with Crippen LogP contribution in [0.3, 0.4) is 0 Å². The molecule has 0 amide bonds. The van der Waals surface area contributed by atoms with Crippen LogP contribution in [0.1, 0.15) is 11.1 Å². The second-order valence-electron chi connectivity index (χ2n) is 3.80. The first kappa shape index (κ1) is 11.9. The molecule has 1 aromatic carbocycles. The largest absolute Gasteiger partial charge is 0.299 e. The quantitative estimate of drug-likeness (QED) is 0.815. The van der Waals surface area contributed by atoms with E-state index in [1.165, 1.54) is 23.5 Å². The van der Waals surface area contributed by atoms with Crippen LogP contribution in [-0.4, -0.2) is 5.78 Å². The number of rotatable bonds is 4. The molecule has 2 aromatic rings. The van der Waals surface area contributed by atoms with Gasteiger partial charge in [-0.3, -0.25) is 4.79 Å². The Labute approximate surface area is 102 Å². The van der Waals surface area contributed by atoms with Crippen LogP contribution < -0.4 is 0 Å². The molecule has 0 aliphatic carbocycles. The van der Waals surface area contributed by atoms with Crippen LogP contribution in [0.4, 0.5) is 8.78 Å². The van der Waals surface area contributed by atoms with Crippen molar-refractivity contribution in [3.8, 4) is 0 Å². The van der Waals surface area contributed by atoms with E-state index in [0.29, 0.717) is 12.0 Å². The van der Waals surface area contributed by atoms with Crippen molar-refractivity contribution in [3.05, 3.63) is 57.8 Å². The van der Waals surface area contributed by atoms with Gasteiger partial charge in [-0.25, -0.2) is 8.78 Å². The molecular weight excluding hydrogens is 242 g/mol. The predicted octanol–water partition coefficient (Wildman–Crippen LogP) is 3.38. The van der Waals surface area contributed by atoms with Crippen LogP contribution >= 0.6 is 11.3 Å². The van der Waals surface area contributed by atoms with Gasteiger partial charge < -0.3 is 0 Å². The van der Waals surface area contributed by atoms with Gasteiger partial charge in [-0.1, -0.05) is 0 Å². The summed E-state index contributed by atoms with van der Waals surface area (Å²) >= 11 is 1.52. The fourth-order valence-corrected chi connectivity index (χ4v) is 2.29. The molecule has 0 aliphatic heterocycles. The zero-order valence-corrected chi connectivity index (χ0v) is 9.77. The van der Waals surface area contributed by atoms with Crippen LogP contribution in [0.15, 0.2) is 35.0 Å². The van der Waals surface area contributed by atoms with Crippen molar-refractivity contribution in [2.45, 2.75) is 12.8 Å². The molecule has 2 rings (SSSR count). The molecule has 0 unspecified atom stereocenters. The molecular formula is C13H10F2OS. The molecule has 0 radical (unpaired) electrons. The summed E-state index contributed by atoms with van der Waals surface area (Å²) in [5, 5.41) is 3.79. The normalized spacial score (nSPS) is 10.5. The highest BCUT2D eigenvalue weighted by molar-refractivity contribution is 7.07. The van der Waals surface area contributed by atoms with E-state index in [-0.39, 0.29) is 12.2 Å².